The molecule has 0 saturated carbocycles. The molecule has 0 fully saturated rings. The molecule has 0 radical (unpaired) electrons. The highest BCUT2D eigenvalue weighted by Gasteiger charge is 2.22. The maximum atomic E-state index is 12.8. The van der Waals surface area contributed by atoms with Crippen LogP contribution in [0.25, 0.3) is 0 Å². The lowest BCUT2D eigenvalue weighted by molar-refractivity contribution is 0.0929. The van der Waals surface area contributed by atoms with Crippen LogP contribution in [0.4, 0.5) is 0 Å². The van der Waals surface area contributed by atoms with Gasteiger partial charge in [0.15, 0.2) is 0 Å². The van der Waals surface area contributed by atoms with E-state index >= 15 is 0 Å². The molecular weight excluding hydrogens is 338 g/mol. The zero-order valence-corrected chi connectivity index (χ0v) is 16.2. The number of carbonyl (C=O) groups excluding carboxylic acids is 1. The molecule has 3 rings (SSSR count). The van der Waals surface area contributed by atoms with Gasteiger partial charge < -0.3 is 9.73 Å². The van der Waals surface area contributed by atoms with Crippen molar-refractivity contribution in [3.8, 4) is 0 Å². The van der Waals surface area contributed by atoms with Crippen LogP contribution in [0.15, 0.2) is 59.0 Å². The summed E-state index contributed by atoms with van der Waals surface area (Å²) in [6.45, 7) is 8.19. The van der Waals surface area contributed by atoms with Crippen LogP contribution in [0.1, 0.15) is 60.1 Å². The number of aryl methyl sites for hydroxylation is 1. The first kappa shape index (κ1) is 18.8. The minimum atomic E-state index is -0.386. The smallest absolute Gasteiger partial charge is 0.251 e. The van der Waals surface area contributed by atoms with Crippen LogP contribution < -0.4 is 5.32 Å². The molecule has 1 unspecified atom stereocenters. The van der Waals surface area contributed by atoms with E-state index in [2.05, 4.69) is 36.3 Å². The maximum Gasteiger partial charge on any atom is 0.251 e. The average Bonchev–Trinajstić information content (AvgIpc) is 3.08. The normalized spacial score (nSPS) is 12.6. The molecule has 0 aliphatic rings. The van der Waals surface area contributed by atoms with Crippen LogP contribution in [0.3, 0.4) is 0 Å². The third kappa shape index (κ3) is 4.82. The second-order valence-electron chi connectivity index (χ2n) is 7.70. The van der Waals surface area contributed by atoms with Gasteiger partial charge in [0.05, 0.1) is 0 Å². The van der Waals surface area contributed by atoms with Crippen molar-refractivity contribution in [2.45, 2.75) is 45.6 Å². The van der Waals surface area contributed by atoms with Crippen LogP contribution in [0, 0.1) is 6.92 Å². The third-order valence-electron chi connectivity index (χ3n) is 4.44. The van der Waals surface area contributed by atoms with Crippen molar-refractivity contribution in [3.05, 3.63) is 83.1 Å². The standard InChI is InChI=1S/C22H25N3O2/c1-15-24-25-21(27-15)19(14-16-8-6-5-7-9-16)23-20(26)17-10-12-18(13-11-17)22(2,3)4/h5-13,19H,14H2,1-4H3,(H,23,26). The minimum Gasteiger partial charge on any atom is -0.423 e. The second-order valence-corrected chi connectivity index (χ2v) is 7.70. The summed E-state index contributed by atoms with van der Waals surface area (Å²) >= 11 is 0. The topological polar surface area (TPSA) is 68.0 Å². The molecule has 0 bridgehead atoms. The fraction of sp³-hybridized carbons (Fsp3) is 0.318. The average molecular weight is 363 g/mol. The number of rotatable bonds is 5. The first-order valence-corrected chi connectivity index (χ1v) is 9.08. The van der Waals surface area contributed by atoms with Gasteiger partial charge in [-0.15, -0.1) is 10.2 Å². The summed E-state index contributed by atoms with van der Waals surface area (Å²) in [5, 5.41) is 11.0. The highest BCUT2D eigenvalue weighted by atomic mass is 16.4. The van der Waals surface area contributed by atoms with Gasteiger partial charge in [-0.1, -0.05) is 63.2 Å². The van der Waals surface area contributed by atoms with Crippen molar-refractivity contribution in [3.63, 3.8) is 0 Å². The molecule has 0 spiro atoms. The number of hydrogen-bond donors (Lipinski definition) is 1. The molecule has 1 atom stereocenters. The fourth-order valence-electron chi connectivity index (χ4n) is 2.87. The third-order valence-corrected chi connectivity index (χ3v) is 4.44. The molecule has 5 nitrogen and oxygen atoms in total. The maximum absolute atomic E-state index is 12.8. The zero-order valence-electron chi connectivity index (χ0n) is 16.2. The Hall–Kier alpha value is -2.95. The molecule has 140 valence electrons. The van der Waals surface area contributed by atoms with Gasteiger partial charge in [0.2, 0.25) is 11.8 Å². The molecule has 1 amide bonds. The monoisotopic (exact) mass is 363 g/mol. The van der Waals surface area contributed by atoms with E-state index in [1.165, 1.54) is 5.56 Å². The molecule has 1 aromatic heterocycles. The van der Waals surface area contributed by atoms with Crippen molar-refractivity contribution in [2.24, 2.45) is 0 Å². The lowest BCUT2D eigenvalue weighted by atomic mass is 9.86. The van der Waals surface area contributed by atoms with Gasteiger partial charge >= 0.3 is 0 Å². The van der Waals surface area contributed by atoms with E-state index in [4.69, 9.17) is 4.42 Å². The Kier molecular flexibility index (Phi) is 5.40. The van der Waals surface area contributed by atoms with Crippen LogP contribution in [-0.4, -0.2) is 16.1 Å². The van der Waals surface area contributed by atoms with E-state index in [-0.39, 0.29) is 17.4 Å². The molecule has 3 aromatic rings. The van der Waals surface area contributed by atoms with E-state index in [0.29, 0.717) is 23.8 Å². The van der Waals surface area contributed by atoms with Crippen LogP contribution in [-0.2, 0) is 11.8 Å². The number of amides is 1. The zero-order chi connectivity index (χ0) is 19.4. The van der Waals surface area contributed by atoms with E-state index in [0.717, 1.165) is 5.56 Å². The van der Waals surface area contributed by atoms with Crippen LogP contribution in [0.2, 0.25) is 0 Å². The minimum absolute atomic E-state index is 0.0478. The fourth-order valence-corrected chi connectivity index (χ4v) is 2.87. The quantitative estimate of drug-likeness (QED) is 0.730. The summed E-state index contributed by atoms with van der Waals surface area (Å²) in [5.41, 5.74) is 2.93. The Morgan fingerprint density at radius 1 is 1.04 bits per heavy atom. The number of hydrogen-bond acceptors (Lipinski definition) is 4. The molecule has 0 aliphatic carbocycles. The summed E-state index contributed by atoms with van der Waals surface area (Å²) in [4.78, 5) is 12.8. The number of nitrogens with zero attached hydrogens (tertiary/aromatic N) is 2. The predicted octanol–water partition coefficient (Wildman–Crippen LogP) is 4.39. The first-order valence-electron chi connectivity index (χ1n) is 9.08. The summed E-state index contributed by atoms with van der Waals surface area (Å²) in [7, 11) is 0. The summed E-state index contributed by atoms with van der Waals surface area (Å²) in [5.74, 6) is 0.732. The molecule has 5 heteroatoms. The highest BCUT2D eigenvalue weighted by Crippen LogP contribution is 2.23. The highest BCUT2D eigenvalue weighted by molar-refractivity contribution is 5.94. The molecule has 1 heterocycles. The van der Waals surface area contributed by atoms with Crippen molar-refractivity contribution in [2.75, 3.05) is 0 Å². The Balaban J connectivity index is 1.80. The van der Waals surface area contributed by atoms with Crippen LogP contribution >= 0.6 is 0 Å². The Bertz CT molecular complexity index is 893. The molecule has 0 saturated heterocycles. The summed E-state index contributed by atoms with van der Waals surface area (Å²) < 4.78 is 5.58. The van der Waals surface area contributed by atoms with Gasteiger partial charge in [-0.2, -0.15) is 0 Å². The SMILES string of the molecule is Cc1nnc(C(Cc2ccccc2)NC(=O)c2ccc(C(C)(C)C)cc2)o1. The Labute approximate surface area is 159 Å². The van der Waals surface area contributed by atoms with Gasteiger partial charge in [0.1, 0.15) is 6.04 Å². The van der Waals surface area contributed by atoms with Gasteiger partial charge in [-0.25, -0.2) is 0 Å². The van der Waals surface area contributed by atoms with E-state index in [1.807, 2.05) is 54.6 Å². The Morgan fingerprint density at radius 3 is 2.26 bits per heavy atom. The van der Waals surface area contributed by atoms with E-state index in [9.17, 15) is 4.79 Å². The van der Waals surface area contributed by atoms with Crippen molar-refractivity contribution >= 4 is 5.91 Å². The van der Waals surface area contributed by atoms with E-state index < -0.39 is 0 Å². The summed E-state index contributed by atoms with van der Waals surface area (Å²) in [6, 6.07) is 17.3. The van der Waals surface area contributed by atoms with Crippen molar-refractivity contribution in [1.82, 2.24) is 15.5 Å². The van der Waals surface area contributed by atoms with Gasteiger partial charge in [0, 0.05) is 18.9 Å². The molecule has 27 heavy (non-hydrogen) atoms. The van der Waals surface area contributed by atoms with Crippen LogP contribution in [0.5, 0.6) is 0 Å². The van der Waals surface area contributed by atoms with Crippen molar-refractivity contribution < 1.29 is 9.21 Å². The van der Waals surface area contributed by atoms with E-state index in [1.54, 1.807) is 6.92 Å². The predicted molar refractivity (Wildman–Crippen MR) is 105 cm³/mol. The van der Waals surface area contributed by atoms with Gasteiger partial charge in [-0.05, 0) is 28.7 Å². The largest absolute Gasteiger partial charge is 0.423 e. The molecule has 0 aliphatic heterocycles. The molecule has 1 N–H and O–H groups in total. The van der Waals surface area contributed by atoms with Gasteiger partial charge in [-0.3, -0.25) is 4.79 Å². The van der Waals surface area contributed by atoms with Crippen molar-refractivity contribution in [1.29, 1.82) is 0 Å². The summed E-state index contributed by atoms with van der Waals surface area (Å²) in [6.07, 6.45) is 0.578. The molecular formula is C22H25N3O2. The number of benzene rings is 2. The lowest BCUT2D eigenvalue weighted by Crippen LogP contribution is -2.30. The second kappa shape index (κ2) is 7.74. The first-order chi connectivity index (χ1) is 12.8. The number of carbonyl (C=O) groups is 1. The number of aromatic nitrogens is 2. The lowest BCUT2D eigenvalue weighted by Gasteiger charge is -2.19. The number of nitrogens with one attached hydrogen (secondary N) is 1. The van der Waals surface area contributed by atoms with Gasteiger partial charge in [0.25, 0.3) is 5.91 Å². The molecule has 2 aromatic carbocycles. The Morgan fingerprint density at radius 2 is 1.70 bits per heavy atom.